The third-order valence-electron chi connectivity index (χ3n) is 4.22. The third-order valence-corrected chi connectivity index (χ3v) is 4.22. The number of carboxylic acids is 1. The van der Waals surface area contributed by atoms with Crippen LogP contribution in [0.4, 0.5) is 10.5 Å². The predicted molar refractivity (Wildman–Crippen MR) is 74.8 cm³/mol. The van der Waals surface area contributed by atoms with Gasteiger partial charge < -0.3 is 10.0 Å². The Balaban J connectivity index is 1.80. The number of carboxylic acid groups (broad SMARTS) is 1. The van der Waals surface area contributed by atoms with Gasteiger partial charge in [-0.25, -0.2) is 4.79 Å². The van der Waals surface area contributed by atoms with Crippen molar-refractivity contribution in [3.8, 4) is 0 Å². The molecule has 106 valence electrons. The number of carbonyl (C=O) groups is 2. The zero-order valence-corrected chi connectivity index (χ0v) is 11.5. The number of anilines is 1. The zero-order valence-electron chi connectivity index (χ0n) is 11.5. The van der Waals surface area contributed by atoms with Gasteiger partial charge in [0.1, 0.15) is 0 Å². The molecule has 0 radical (unpaired) electrons. The SMILES string of the molecule is CC1Cc2ccccc2N1C(=O)N1CCC(C(=O)O)C1. The van der Waals surface area contributed by atoms with E-state index < -0.39 is 11.9 Å². The van der Waals surface area contributed by atoms with E-state index in [-0.39, 0.29) is 12.1 Å². The fourth-order valence-electron chi connectivity index (χ4n) is 3.14. The van der Waals surface area contributed by atoms with Crippen molar-refractivity contribution in [1.29, 1.82) is 0 Å². The van der Waals surface area contributed by atoms with Gasteiger partial charge in [0.2, 0.25) is 0 Å². The Labute approximate surface area is 117 Å². The number of carbonyl (C=O) groups excluding carboxylic acids is 1. The van der Waals surface area contributed by atoms with Gasteiger partial charge in [0.05, 0.1) is 5.92 Å². The topological polar surface area (TPSA) is 60.9 Å². The molecule has 1 fully saturated rings. The van der Waals surface area contributed by atoms with E-state index in [1.165, 1.54) is 5.56 Å². The minimum Gasteiger partial charge on any atom is -0.481 e. The second-order valence-electron chi connectivity index (χ2n) is 5.60. The quantitative estimate of drug-likeness (QED) is 0.851. The lowest BCUT2D eigenvalue weighted by Gasteiger charge is -2.28. The van der Waals surface area contributed by atoms with E-state index in [0.29, 0.717) is 19.5 Å². The van der Waals surface area contributed by atoms with Crippen molar-refractivity contribution in [3.63, 3.8) is 0 Å². The Kier molecular flexibility index (Phi) is 3.12. The molecule has 5 nitrogen and oxygen atoms in total. The Hall–Kier alpha value is -2.04. The smallest absolute Gasteiger partial charge is 0.324 e. The minimum absolute atomic E-state index is 0.0637. The van der Waals surface area contributed by atoms with Crippen molar-refractivity contribution in [1.82, 2.24) is 4.90 Å². The van der Waals surface area contributed by atoms with Crippen LogP contribution in [0.3, 0.4) is 0 Å². The highest BCUT2D eigenvalue weighted by Crippen LogP contribution is 2.33. The van der Waals surface area contributed by atoms with Crippen LogP contribution in [-0.4, -0.2) is 41.1 Å². The minimum atomic E-state index is -0.810. The number of para-hydroxylation sites is 1. The summed E-state index contributed by atoms with van der Waals surface area (Å²) in [5, 5.41) is 9.04. The molecule has 0 aliphatic carbocycles. The molecule has 1 saturated heterocycles. The Morgan fingerprint density at radius 1 is 1.30 bits per heavy atom. The summed E-state index contributed by atoms with van der Waals surface area (Å²) in [6, 6.07) is 7.98. The van der Waals surface area contributed by atoms with Crippen molar-refractivity contribution in [2.24, 2.45) is 5.92 Å². The van der Waals surface area contributed by atoms with Crippen LogP contribution < -0.4 is 4.90 Å². The normalized spacial score (nSPS) is 24.9. The monoisotopic (exact) mass is 274 g/mol. The number of aliphatic carboxylic acids is 1. The number of likely N-dealkylation sites (tertiary alicyclic amines) is 1. The molecule has 2 unspecified atom stereocenters. The molecule has 1 N–H and O–H groups in total. The highest BCUT2D eigenvalue weighted by Gasteiger charge is 2.37. The number of hydrogen-bond donors (Lipinski definition) is 1. The van der Waals surface area contributed by atoms with Crippen LogP contribution in [0.25, 0.3) is 0 Å². The number of fused-ring (bicyclic) bond motifs is 1. The van der Waals surface area contributed by atoms with Gasteiger partial charge in [0, 0.05) is 24.8 Å². The number of benzene rings is 1. The van der Waals surface area contributed by atoms with Gasteiger partial charge in [-0.2, -0.15) is 0 Å². The first-order chi connectivity index (χ1) is 9.58. The molecule has 0 aromatic heterocycles. The summed E-state index contributed by atoms with van der Waals surface area (Å²) in [4.78, 5) is 27.1. The van der Waals surface area contributed by atoms with Crippen LogP contribution in [0.15, 0.2) is 24.3 Å². The summed E-state index contributed by atoms with van der Waals surface area (Å²) in [6.07, 6.45) is 1.41. The van der Waals surface area contributed by atoms with Gasteiger partial charge >= 0.3 is 12.0 Å². The maximum absolute atomic E-state index is 12.6. The summed E-state index contributed by atoms with van der Waals surface area (Å²) in [6.45, 7) is 2.88. The predicted octanol–water partition coefficient (Wildman–Crippen LogP) is 1.96. The van der Waals surface area contributed by atoms with Gasteiger partial charge in [-0.05, 0) is 31.4 Å². The zero-order chi connectivity index (χ0) is 14.3. The first-order valence-electron chi connectivity index (χ1n) is 6.97. The van der Waals surface area contributed by atoms with Crippen molar-refractivity contribution >= 4 is 17.7 Å². The largest absolute Gasteiger partial charge is 0.481 e. The van der Waals surface area contributed by atoms with Crippen LogP contribution in [0, 0.1) is 5.92 Å². The van der Waals surface area contributed by atoms with Crippen LogP contribution in [-0.2, 0) is 11.2 Å². The van der Waals surface area contributed by atoms with Crippen LogP contribution >= 0.6 is 0 Å². The number of nitrogens with zero attached hydrogens (tertiary/aromatic N) is 2. The summed E-state index contributed by atoms with van der Waals surface area (Å²) < 4.78 is 0. The maximum Gasteiger partial charge on any atom is 0.324 e. The standard InChI is InChI=1S/C15H18N2O3/c1-10-8-11-4-2-3-5-13(11)17(10)15(20)16-7-6-12(9-16)14(18)19/h2-5,10,12H,6-9H2,1H3,(H,18,19). The Bertz CT molecular complexity index is 558. The summed E-state index contributed by atoms with van der Waals surface area (Å²) in [7, 11) is 0. The van der Waals surface area contributed by atoms with Crippen molar-refractivity contribution in [2.45, 2.75) is 25.8 Å². The lowest BCUT2D eigenvalue weighted by Crippen LogP contribution is -2.45. The number of amides is 2. The molecular formula is C15H18N2O3. The van der Waals surface area contributed by atoms with Gasteiger partial charge in [-0.15, -0.1) is 0 Å². The summed E-state index contributed by atoms with van der Waals surface area (Å²) in [5.41, 5.74) is 2.14. The van der Waals surface area contributed by atoms with Crippen LogP contribution in [0.2, 0.25) is 0 Å². The Morgan fingerprint density at radius 2 is 2.05 bits per heavy atom. The van der Waals surface area contributed by atoms with Gasteiger partial charge in [0.15, 0.2) is 0 Å². The molecule has 2 aliphatic heterocycles. The molecule has 20 heavy (non-hydrogen) atoms. The molecule has 1 aromatic carbocycles. The highest BCUT2D eigenvalue weighted by molar-refractivity contribution is 5.95. The van der Waals surface area contributed by atoms with E-state index >= 15 is 0 Å². The van der Waals surface area contributed by atoms with Crippen LogP contribution in [0.1, 0.15) is 18.9 Å². The molecular weight excluding hydrogens is 256 g/mol. The van der Waals surface area contributed by atoms with E-state index in [1.54, 1.807) is 9.80 Å². The second kappa shape index (κ2) is 4.81. The third kappa shape index (κ3) is 2.03. The van der Waals surface area contributed by atoms with Crippen molar-refractivity contribution < 1.29 is 14.7 Å². The van der Waals surface area contributed by atoms with Gasteiger partial charge in [-0.3, -0.25) is 9.69 Å². The van der Waals surface area contributed by atoms with E-state index in [4.69, 9.17) is 5.11 Å². The lowest BCUT2D eigenvalue weighted by atomic mass is 10.1. The van der Waals surface area contributed by atoms with Gasteiger partial charge in [0.25, 0.3) is 0 Å². The first kappa shape index (κ1) is 13.0. The lowest BCUT2D eigenvalue weighted by molar-refractivity contribution is -0.141. The fraction of sp³-hybridized carbons (Fsp3) is 0.467. The number of urea groups is 1. The number of rotatable bonds is 1. The average molecular weight is 274 g/mol. The molecule has 3 rings (SSSR count). The second-order valence-corrected chi connectivity index (χ2v) is 5.60. The molecule has 0 spiro atoms. The first-order valence-corrected chi connectivity index (χ1v) is 6.97. The van der Waals surface area contributed by atoms with E-state index in [0.717, 1.165) is 12.1 Å². The highest BCUT2D eigenvalue weighted by atomic mass is 16.4. The molecule has 2 aliphatic rings. The number of hydrogen-bond acceptors (Lipinski definition) is 2. The van der Waals surface area contributed by atoms with E-state index in [9.17, 15) is 9.59 Å². The molecule has 2 atom stereocenters. The summed E-state index contributed by atoms with van der Waals surface area (Å²) >= 11 is 0. The molecule has 5 heteroatoms. The van der Waals surface area contributed by atoms with E-state index in [2.05, 4.69) is 0 Å². The van der Waals surface area contributed by atoms with Crippen LogP contribution in [0.5, 0.6) is 0 Å². The maximum atomic E-state index is 12.6. The van der Waals surface area contributed by atoms with E-state index in [1.807, 2.05) is 31.2 Å². The molecule has 2 heterocycles. The average Bonchev–Trinajstić information content (AvgIpc) is 3.01. The van der Waals surface area contributed by atoms with Gasteiger partial charge in [-0.1, -0.05) is 18.2 Å². The fourth-order valence-corrected chi connectivity index (χ4v) is 3.14. The molecule has 1 aromatic rings. The molecule has 0 saturated carbocycles. The van der Waals surface area contributed by atoms with Crippen molar-refractivity contribution in [3.05, 3.63) is 29.8 Å². The molecule has 2 amide bonds. The van der Waals surface area contributed by atoms with Crippen molar-refractivity contribution in [2.75, 3.05) is 18.0 Å². The molecule has 0 bridgehead atoms. The summed E-state index contributed by atoms with van der Waals surface area (Å²) in [5.74, 6) is -1.23. The Morgan fingerprint density at radius 3 is 2.75 bits per heavy atom.